The maximum absolute atomic E-state index is 5.48. The summed E-state index contributed by atoms with van der Waals surface area (Å²) >= 11 is 0. The minimum Gasteiger partial charge on any atom is -0.376 e. The van der Waals surface area contributed by atoms with Gasteiger partial charge in [0.2, 0.25) is 0 Å². The van der Waals surface area contributed by atoms with E-state index >= 15 is 0 Å². The van der Waals surface area contributed by atoms with Crippen molar-refractivity contribution in [2.45, 2.75) is 18.6 Å². The van der Waals surface area contributed by atoms with Crippen LogP contribution in [-0.4, -0.2) is 35.8 Å². The Labute approximate surface area is 116 Å². The molecule has 0 radical (unpaired) electrons. The third-order valence-electron chi connectivity index (χ3n) is 3.21. The van der Waals surface area contributed by atoms with Crippen LogP contribution < -0.4 is 5.32 Å². The predicted octanol–water partition coefficient (Wildman–Crippen LogP) is 2.31. The van der Waals surface area contributed by atoms with Gasteiger partial charge in [-0.25, -0.2) is 0 Å². The zero-order valence-corrected chi connectivity index (χ0v) is 13.1. The topological polar surface area (TPSA) is 39.7 Å². The van der Waals surface area contributed by atoms with Gasteiger partial charge in [-0.2, -0.15) is 0 Å². The van der Waals surface area contributed by atoms with Crippen molar-refractivity contribution in [1.29, 1.82) is 0 Å². The lowest BCUT2D eigenvalue weighted by Gasteiger charge is -2.32. The highest BCUT2D eigenvalue weighted by Gasteiger charge is 2.45. The van der Waals surface area contributed by atoms with Gasteiger partial charge in [0.25, 0.3) is 0 Å². The normalized spacial score (nSPS) is 14.9. The van der Waals surface area contributed by atoms with Crippen molar-refractivity contribution in [1.82, 2.24) is 5.32 Å². The highest BCUT2D eigenvalue weighted by atomic mass is 28.4. The van der Waals surface area contributed by atoms with Gasteiger partial charge in [0, 0.05) is 21.3 Å². The molecule has 0 saturated heterocycles. The minimum atomic E-state index is -2.69. The fraction of sp³-hybridized carbons (Fsp3) is 0.429. The summed E-state index contributed by atoms with van der Waals surface area (Å²) in [6.45, 7) is 5.88. The van der Waals surface area contributed by atoms with Gasteiger partial charge in [0.15, 0.2) is 0 Å². The lowest BCUT2D eigenvalue weighted by atomic mass is 10.1. The number of nitrogens with one attached hydrogen (secondary N) is 1. The molecule has 0 aliphatic heterocycles. The maximum Gasteiger partial charge on any atom is 0.517 e. The lowest BCUT2D eigenvalue weighted by Crippen LogP contribution is -2.59. The Balaban J connectivity index is 2.84. The van der Waals surface area contributed by atoms with Crippen LogP contribution in [0, 0.1) is 0 Å². The summed E-state index contributed by atoms with van der Waals surface area (Å²) in [7, 11) is 2.15. The average Bonchev–Trinajstić information content (AvgIpc) is 2.48. The molecule has 1 N–H and O–H groups in total. The molecule has 0 saturated carbocycles. The SMILES string of the molecule is C=CC(NC(C)[Si](OC)(OC)OC)c1ccccc1. The molecule has 1 aromatic rings. The molecule has 106 valence electrons. The van der Waals surface area contributed by atoms with Crippen LogP contribution in [0.3, 0.4) is 0 Å². The fourth-order valence-corrected chi connectivity index (χ4v) is 4.06. The average molecular weight is 281 g/mol. The van der Waals surface area contributed by atoms with E-state index in [0.29, 0.717) is 0 Å². The van der Waals surface area contributed by atoms with Gasteiger partial charge >= 0.3 is 8.80 Å². The molecule has 0 spiro atoms. The highest BCUT2D eigenvalue weighted by Crippen LogP contribution is 2.18. The Morgan fingerprint density at radius 2 is 1.63 bits per heavy atom. The number of rotatable bonds is 8. The summed E-state index contributed by atoms with van der Waals surface area (Å²) in [5.41, 5.74) is 1.10. The van der Waals surface area contributed by atoms with Crippen LogP contribution in [0.4, 0.5) is 0 Å². The van der Waals surface area contributed by atoms with Gasteiger partial charge in [-0.05, 0) is 12.5 Å². The molecule has 1 aromatic carbocycles. The van der Waals surface area contributed by atoms with Crippen LogP contribution in [0.1, 0.15) is 18.5 Å². The molecular weight excluding hydrogens is 258 g/mol. The first-order valence-electron chi connectivity index (χ1n) is 6.22. The number of benzene rings is 1. The summed E-state index contributed by atoms with van der Waals surface area (Å²) in [6, 6.07) is 10.1. The molecule has 0 bridgehead atoms. The molecule has 2 unspecified atom stereocenters. The van der Waals surface area contributed by atoms with Crippen molar-refractivity contribution in [3.8, 4) is 0 Å². The number of hydrogen-bond donors (Lipinski definition) is 1. The molecule has 1 rings (SSSR count). The van der Waals surface area contributed by atoms with Crippen LogP contribution in [0.15, 0.2) is 43.0 Å². The Bertz CT molecular complexity index is 373. The van der Waals surface area contributed by atoms with Crippen molar-refractivity contribution in [3.05, 3.63) is 48.6 Å². The monoisotopic (exact) mass is 281 g/mol. The van der Waals surface area contributed by atoms with Crippen molar-refractivity contribution < 1.29 is 13.3 Å². The summed E-state index contributed by atoms with van der Waals surface area (Å²) in [6.07, 6.45) is 1.87. The quantitative estimate of drug-likeness (QED) is 0.586. The molecule has 0 aliphatic rings. The fourth-order valence-electron chi connectivity index (χ4n) is 2.11. The Kier molecular flexibility index (Phi) is 6.40. The molecule has 5 heteroatoms. The van der Waals surface area contributed by atoms with Crippen LogP contribution in [0.2, 0.25) is 0 Å². The van der Waals surface area contributed by atoms with Crippen molar-refractivity contribution >= 4 is 8.80 Å². The van der Waals surface area contributed by atoms with Crippen molar-refractivity contribution in [3.63, 3.8) is 0 Å². The second-order valence-electron chi connectivity index (χ2n) is 4.23. The van der Waals surface area contributed by atoms with E-state index in [2.05, 4.69) is 24.0 Å². The van der Waals surface area contributed by atoms with E-state index in [0.717, 1.165) is 5.56 Å². The largest absolute Gasteiger partial charge is 0.517 e. The first-order valence-corrected chi connectivity index (χ1v) is 8.02. The molecule has 0 amide bonds. The second-order valence-corrected chi connectivity index (χ2v) is 7.53. The predicted molar refractivity (Wildman–Crippen MR) is 78.8 cm³/mol. The minimum absolute atomic E-state index is 0.0310. The van der Waals surface area contributed by atoms with Crippen molar-refractivity contribution in [2.24, 2.45) is 0 Å². The molecule has 4 nitrogen and oxygen atoms in total. The van der Waals surface area contributed by atoms with Gasteiger partial charge in [-0.3, -0.25) is 5.32 Å². The van der Waals surface area contributed by atoms with E-state index in [9.17, 15) is 0 Å². The van der Waals surface area contributed by atoms with Gasteiger partial charge in [-0.1, -0.05) is 36.4 Å². The summed E-state index contributed by atoms with van der Waals surface area (Å²) in [5.74, 6) is 0. The molecular formula is C14H23NO3Si. The molecule has 2 atom stereocenters. The zero-order chi connectivity index (χ0) is 14.3. The van der Waals surface area contributed by atoms with Crippen LogP contribution >= 0.6 is 0 Å². The first-order chi connectivity index (χ1) is 9.13. The lowest BCUT2D eigenvalue weighted by molar-refractivity contribution is 0.108. The third kappa shape index (κ3) is 3.74. The van der Waals surface area contributed by atoms with Gasteiger partial charge in [0.1, 0.15) is 0 Å². The molecule has 0 aromatic heterocycles. The molecule has 0 aliphatic carbocycles. The van der Waals surface area contributed by atoms with Crippen molar-refractivity contribution in [2.75, 3.05) is 21.3 Å². The summed E-state index contributed by atoms with van der Waals surface area (Å²) in [5, 5.41) is 3.45. The van der Waals surface area contributed by atoms with Crippen LogP contribution in [-0.2, 0) is 13.3 Å². The third-order valence-corrected chi connectivity index (χ3v) is 6.14. The maximum atomic E-state index is 5.48. The Hall–Kier alpha value is -0.983. The Morgan fingerprint density at radius 1 is 1.11 bits per heavy atom. The highest BCUT2D eigenvalue weighted by molar-refractivity contribution is 6.62. The number of hydrogen-bond acceptors (Lipinski definition) is 4. The second kappa shape index (κ2) is 7.57. The summed E-state index contributed by atoms with van der Waals surface area (Å²) < 4.78 is 16.4. The van der Waals surface area contributed by atoms with Crippen LogP contribution in [0.25, 0.3) is 0 Å². The van der Waals surface area contributed by atoms with E-state index in [1.165, 1.54) is 0 Å². The van der Waals surface area contributed by atoms with Gasteiger partial charge in [-0.15, -0.1) is 6.58 Å². The molecule has 19 heavy (non-hydrogen) atoms. The van der Waals surface area contributed by atoms with E-state index in [1.807, 2.05) is 31.2 Å². The van der Waals surface area contributed by atoms with Gasteiger partial charge in [0.05, 0.1) is 11.7 Å². The van der Waals surface area contributed by atoms with E-state index in [-0.39, 0.29) is 11.7 Å². The van der Waals surface area contributed by atoms with E-state index < -0.39 is 8.80 Å². The zero-order valence-electron chi connectivity index (χ0n) is 12.1. The first kappa shape index (κ1) is 16.1. The van der Waals surface area contributed by atoms with E-state index in [4.69, 9.17) is 13.3 Å². The molecule has 0 heterocycles. The molecule has 0 fully saturated rings. The Morgan fingerprint density at radius 3 is 2.05 bits per heavy atom. The smallest absolute Gasteiger partial charge is 0.376 e. The van der Waals surface area contributed by atoms with Crippen LogP contribution in [0.5, 0.6) is 0 Å². The standard InChI is InChI=1S/C14H23NO3Si/c1-6-14(13-10-8-7-9-11-13)15-12(2)19(16-3,17-4)18-5/h6-12,14-15H,1H2,2-5H3. The summed E-state index contributed by atoms with van der Waals surface area (Å²) in [4.78, 5) is 0. The van der Waals surface area contributed by atoms with E-state index in [1.54, 1.807) is 21.3 Å². The van der Waals surface area contributed by atoms with Gasteiger partial charge < -0.3 is 13.3 Å².